The molecule has 0 aliphatic rings. The number of anilines is 1. The SMILES string of the molecule is Cc1[nH]nc(N)c1-c1cccs1. The van der Waals surface area contributed by atoms with Crippen LogP contribution in [0, 0.1) is 6.92 Å². The van der Waals surface area contributed by atoms with Crippen LogP contribution in [0.15, 0.2) is 17.5 Å². The number of nitrogens with two attached hydrogens (primary N) is 1. The van der Waals surface area contributed by atoms with E-state index < -0.39 is 0 Å². The van der Waals surface area contributed by atoms with Crippen LogP contribution in [0.3, 0.4) is 0 Å². The van der Waals surface area contributed by atoms with Gasteiger partial charge in [0.15, 0.2) is 5.82 Å². The molecule has 62 valence electrons. The van der Waals surface area contributed by atoms with Crippen LogP contribution in [0.1, 0.15) is 5.69 Å². The standard InChI is InChI=1S/C8H9N3S/c1-5-7(8(9)11-10-5)6-3-2-4-12-6/h2-4H,1H3,(H3,9,10,11). The van der Waals surface area contributed by atoms with Gasteiger partial charge in [0.2, 0.25) is 0 Å². The first-order chi connectivity index (χ1) is 5.79. The molecule has 3 nitrogen and oxygen atoms in total. The van der Waals surface area contributed by atoms with Gasteiger partial charge in [0, 0.05) is 10.6 Å². The van der Waals surface area contributed by atoms with Gasteiger partial charge in [0.05, 0.1) is 5.56 Å². The highest BCUT2D eigenvalue weighted by molar-refractivity contribution is 7.13. The van der Waals surface area contributed by atoms with Crippen LogP contribution in [0.25, 0.3) is 10.4 Å². The van der Waals surface area contributed by atoms with Gasteiger partial charge in [0.1, 0.15) is 0 Å². The van der Waals surface area contributed by atoms with Crippen molar-refractivity contribution in [2.45, 2.75) is 6.92 Å². The summed E-state index contributed by atoms with van der Waals surface area (Å²) < 4.78 is 0. The van der Waals surface area contributed by atoms with Crippen molar-refractivity contribution < 1.29 is 0 Å². The third-order valence-electron chi connectivity index (χ3n) is 1.74. The topological polar surface area (TPSA) is 54.7 Å². The van der Waals surface area contributed by atoms with E-state index in [1.165, 1.54) is 4.88 Å². The minimum Gasteiger partial charge on any atom is -0.382 e. The second kappa shape index (κ2) is 2.64. The van der Waals surface area contributed by atoms with Gasteiger partial charge < -0.3 is 5.73 Å². The summed E-state index contributed by atoms with van der Waals surface area (Å²) in [4.78, 5) is 1.17. The lowest BCUT2D eigenvalue weighted by Crippen LogP contribution is -1.86. The quantitative estimate of drug-likeness (QED) is 0.703. The molecule has 0 bridgehead atoms. The number of rotatable bonds is 1. The van der Waals surface area contributed by atoms with Gasteiger partial charge in [-0.15, -0.1) is 11.3 Å². The molecule has 3 N–H and O–H groups in total. The number of nitrogens with one attached hydrogen (secondary N) is 1. The second-order valence-electron chi connectivity index (χ2n) is 2.59. The maximum Gasteiger partial charge on any atom is 0.154 e. The summed E-state index contributed by atoms with van der Waals surface area (Å²) in [6, 6.07) is 4.05. The average Bonchev–Trinajstić information content (AvgIpc) is 2.61. The number of nitrogen functional groups attached to an aromatic ring is 1. The normalized spacial score (nSPS) is 10.4. The lowest BCUT2D eigenvalue weighted by Gasteiger charge is -1.94. The van der Waals surface area contributed by atoms with Gasteiger partial charge in [-0.3, -0.25) is 5.10 Å². The highest BCUT2D eigenvalue weighted by Crippen LogP contribution is 2.30. The molecule has 0 aromatic carbocycles. The molecule has 0 aliphatic heterocycles. The predicted molar refractivity (Wildman–Crippen MR) is 51.1 cm³/mol. The summed E-state index contributed by atoms with van der Waals surface area (Å²) in [6.45, 7) is 1.97. The van der Waals surface area contributed by atoms with Crippen molar-refractivity contribution >= 4 is 17.2 Å². The number of aromatic amines is 1. The minimum atomic E-state index is 0.579. The van der Waals surface area contributed by atoms with Gasteiger partial charge in [-0.25, -0.2) is 0 Å². The largest absolute Gasteiger partial charge is 0.382 e. The van der Waals surface area contributed by atoms with Gasteiger partial charge >= 0.3 is 0 Å². The Bertz CT molecular complexity index is 355. The Morgan fingerprint density at radius 1 is 1.58 bits per heavy atom. The van der Waals surface area contributed by atoms with Crippen LogP contribution >= 0.6 is 11.3 Å². The highest BCUT2D eigenvalue weighted by Gasteiger charge is 2.09. The van der Waals surface area contributed by atoms with Crippen molar-refractivity contribution in [3.8, 4) is 10.4 Å². The molecule has 0 amide bonds. The molecule has 0 saturated heterocycles. The summed E-state index contributed by atoms with van der Waals surface area (Å²) >= 11 is 1.67. The van der Waals surface area contributed by atoms with E-state index in [0.717, 1.165) is 11.3 Å². The molecule has 0 atom stereocenters. The highest BCUT2D eigenvalue weighted by atomic mass is 32.1. The number of hydrogen-bond acceptors (Lipinski definition) is 3. The maximum absolute atomic E-state index is 5.70. The number of hydrogen-bond donors (Lipinski definition) is 2. The lowest BCUT2D eigenvalue weighted by atomic mass is 10.2. The zero-order valence-corrected chi connectivity index (χ0v) is 7.48. The first kappa shape index (κ1) is 7.36. The number of aryl methyl sites for hydroxylation is 1. The smallest absolute Gasteiger partial charge is 0.154 e. The third kappa shape index (κ3) is 1.00. The molecular weight excluding hydrogens is 170 g/mol. The van der Waals surface area contributed by atoms with Crippen molar-refractivity contribution in [1.82, 2.24) is 10.2 Å². The molecule has 2 rings (SSSR count). The van der Waals surface area contributed by atoms with E-state index in [1.807, 2.05) is 24.4 Å². The van der Waals surface area contributed by atoms with Crippen LogP contribution in [-0.4, -0.2) is 10.2 Å². The van der Waals surface area contributed by atoms with Crippen LogP contribution < -0.4 is 5.73 Å². The molecule has 0 radical (unpaired) electrons. The number of nitrogens with zero attached hydrogens (tertiary/aromatic N) is 1. The first-order valence-corrected chi connectivity index (χ1v) is 4.51. The summed E-state index contributed by atoms with van der Waals surface area (Å²) in [5.41, 5.74) is 7.75. The molecule has 2 aromatic heterocycles. The summed E-state index contributed by atoms with van der Waals surface area (Å²) in [6.07, 6.45) is 0. The lowest BCUT2D eigenvalue weighted by molar-refractivity contribution is 1.05. The molecule has 0 saturated carbocycles. The van der Waals surface area contributed by atoms with Gasteiger partial charge in [0.25, 0.3) is 0 Å². The van der Waals surface area contributed by atoms with Crippen molar-refractivity contribution in [3.63, 3.8) is 0 Å². The summed E-state index contributed by atoms with van der Waals surface area (Å²) in [7, 11) is 0. The fourth-order valence-corrected chi connectivity index (χ4v) is 2.02. The van der Waals surface area contributed by atoms with Crippen LogP contribution in [0.5, 0.6) is 0 Å². The molecule has 12 heavy (non-hydrogen) atoms. The van der Waals surface area contributed by atoms with E-state index in [2.05, 4.69) is 10.2 Å². The third-order valence-corrected chi connectivity index (χ3v) is 2.63. The zero-order chi connectivity index (χ0) is 8.55. The van der Waals surface area contributed by atoms with E-state index in [0.29, 0.717) is 5.82 Å². The molecule has 4 heteroatoms. The van der Waals surface area contributed by atoms with E-state index in [4.69, 9.17) is 5.73 Å². The van der Waals surface area contributed by atoms with Crippen LogP contribution in [0.4, 0.5) is 5.82 Å². The molecule has 0 fully saturated rings. The summed E-state index contributed by atoms with van der Waals surface area (Å²) in [5, 5.41) is 8.82. The summed E-state index contributed by atoms with van der Waals surface area (Å²) in [5.74, 6) is 0.579. The van der Waals surface area contributed by atoms with E-state index in [9.17, 15) is 0 Å². The average molecular weight is 179 g/mol. The number of H-pyrrole nitrogens is 1. The second-order valence-corrected chi connectivity index (χ2v) is 3.53. The fourth-order valence-electron chi connectivity index (χ4n) is 1.18. The molecule has 0 unspecified atom stereocenters. The van der Waals surface area contributed by atoms with Crippen molar-refractivity contribution in [2.24, 2.45) is 0 Å². The monoisotopic (exact) mass is 179 g/mol. The maximum atomic E-state index is 5.70. The van der Waals surface area contributed by atoms with Gasteiger partial charge in [-0.1, -0.05) is 6.07 Å². The Morgan fingerprint density at radius 2 is 2.42 bits per heavy atom. The van der Waals surface area contributed by atoms with Crippen LogP contribution in [-0.2, 0) is 0 Å². The Kier molecular flexibility index (Phi) is 1.62. The van der Waals surface area contributed by atoms with Crippen molar-refractivity contribution in [3.05, 3.63) is 23.2 Å². The Hall–Kier alpha value is -1.29. The van der Waals surface area contributed by atoms with Crippen LogP contribution in [0.2, 0.25) is 0 Å². The Balaban J connectivity index is 2.60. The fraction of sp³-hybridized carbons (Fsp3) is 0.125. The minimum absolute atomic E-state index is 0.579. The Labute approximate surface area is 74.2 Å². The van der Waals surface area contributed by atoms with Crippen molar-refractivity contribution in [2.75, 3.05) is 5.73 Å². The van der Waals surface area contributed by atoms with E-state index >= 15 is 0 Å². The molecule has 0 spiro atoms. The predicted octanol–water partition coefficient (Wildman–Crippen LogP) is 2.03. The molecule has 2 aromatic rings. The Morgan fingerprint density at radius 3 is 2.92 bits per heavy atom. The van der Waals surface area contributed by atoms with Gasteiger partial charge in [-0.2, -0.15) is 5.10 Å². The molecular formula is C8H9N3S. The van der Waals surface area contributed by atoms with Gasteiger partial charge in [-0.05, 0) is 18.4 Å². The number of aromatic nitrogens is 2. The van der Waals surface area contributed by atoms with E-state index in [-0.39, 0.29) is 0 Å². The first-order valence-electron chi connectivity index (χ1n) is 3.63. The van der Waals surface area contributed by atoms with Crippen molar-refractivity contribution in [1.29, 1.82) is 0 Å². The van der Waals surface area contributed by atoms with E-state index in [1.54, 1.807) is 11.3 Å². The zero-order valence-electron chi connectivity index (χ0n) is 6.66. The molecule has 0 aliphatic carbocycles. The number of thiophene rings is 1. The molecule has 2 heterocycles.